The predicted octanol–water partition coefficient (Wildman–Crippen LogP) is 3.93. The number of furan rings is 1. The summed E-state index contributed by atoms with van der Waals surface area (Å²) in [5.41, 5.74) is 5.05. The highest BCUT2D eigenvalue weighted by Crippen LogP contribution is 2.27. The monoisotopic (exact) mass is 350 g/mol. The summed E-state index contributed by atoms with van der Waals surface area (Å²) in [6, 6.07) is 11.0. The van der Waals surface area contributed by atoms with Crippen LogP contribution in [0, 0.1) is 13.8 Å². The number of carbonyl (C=O) groups is 2. The van der Waals surface area contributed by atoms with E-state index in [1.54, 1.807) is 44.6 Å². The van der Waals surface area contributed by atoms with Crippen LogP contribution in [0.1, 0.15) is 27.0 Å². The van der Waals surface area contributed by atoms with E-state index in [1.807, 2.05) is 26.0 Å². The van der Waals surface area contributed by atoms with Crippen LogP contribution in [0.3, 0.4) is 0 Å². The van der Waals surface area contributed by atoms with Gasteiger partial charge < -0.3 is 14.6 Å². The minimum absolute atomic E-state index is 0.104. The Kier molecular flexibility index (Phi) is 4.80. The summed E-state index contributed by atoms with van der Waals surface area (Å²) in [5, 5.41) is 3.81. The van der Waals surface area contributed by atoms with E-state index in [2.05, 4.69) is 5.32 Å². The summed E-state index contributed by atoms with van der Waals surface area (Å²) in [7, 11) is 3.39. The fourth-order valence-corrected chi connectivity index (χ4v) is 2.89. The second-order valence-electron chi connectivity index (χ2n) is 6.65. The van der Waals surface area contributed by atoms with Gasteiger partial charge in [0.25, 0.3) is 5.91 Å². The van der Waals surface area contributed by atoms with Gasteiger partial charge in [0.1, 0.15) is 5.58 Å². The molecule has 3 aromatic rings. The van der Waals surface area contributed by atoms with E-state index in [1.165, 1.54) is 4.90 Å². The summed E-state index contributed by atoms with van der Waals surface area (Å²) in [6.45, 7) is 4.05. The summed E-state index contributed by atoms with van der Waals surface area (Å²) in [6.07, 6.45) is 1.85. The van der Waals surface area contributed by atoms with Gasteiger partial charge in [0.05, 0.1) is 12.7 Å². The molecule has 5 nitrogen and oxygen atoms in total. The quantitative estimate of drug-likeness (QED) is 0.775. The molecule has 2 aromatic carbocycles. The van der Waals surface area contributed by atoms with Crippen molar-refractivity contribution in [2.75, 3.05) is 19.4 Å². The molecule has 0 saturated heterocycles. The molecule has 134 valence electrons. The maximum Gasteiger partial charge on any atom is 0.253 e. The van der Waals surface area contributed by atoms with Gasteiger partial charge in [0, 0.05) is 36.3 Å². The molecule has 3 rings (SSSR count). The first-order chi connectivity index (χ1) is 12.4. The van der Waals surface area contributed by atoms with Gasteiger partial charge >= 0.3 is 0 Å². The van der Waals surface area contributed by atoms with Crippen molar-refractivity contribution < 1.29 is 14.0 Å². The largest absolute Gasteiger partial charge is 0.464 e. The van der Waals surface area contributed by atoms with Gasteiger partial charge in [-0.15, -0.1) is 0 Å². The third kappa shape index (κ3) is 3.47. The number of nitrogens with one attached hydrogen (secondary N) is 1. The van der Waals surface area contributed by atoms with Crippen molar-refractivity contribution in [1.29, 1.82) is 0 Å². The Balaban J connectivity index is 1.77. The third-order valence-electron chi connectivity index (χ3n) is 4.49. The van der Waals surface area contributed by atoms with Gasteiger partial charge in [-0.2, -0.15) is 0 Å². The minimum atomic E-state index is -0.152. The average molecular weight is 350 g/mol. The standard InChI is InChI=1S/C21H22N2O3/c1-13-8-9-18-16(12-26-20(18)14(13)2)11-19(24)22-17-7-5-6-15(10-17)21(25)23(3)4/h5-10,12H,11H2,1-4H3,(H,22,24). The van der Waals surface area contributed by atoms with E-state index in [0.717, 1.165) is 27.7 Å². The fourth-order valence-electron chi connectivity index (χ4n) is 2.89. The molecule has 0 aliphatic carbocycles. The number of hydrogen-bond donors (Lipinski definition) is 1. The van der Waals surface area contributed by atoms with Crippen LogP contribution in [0.15, 0.2) is 47.1 Å². The Bertz CT molecular complexity index is 986. The molecule has 5 heteroatoms. The molecule has 0 radical (unpaired) electrons. The van der Waals surface area contributed by atoms with Crippen molar-refractivity contribution in [3.8, 4) is 0 Å². The van der Waals surface area contributed by atoms with E-state index in [4.69, 9.17) is 4.42 Å². The molecule has 0 atom stereocenters. The lowest BCUT2D eigenvalue weighted by atomic mass is 10.0. The molecule has 1 N–H and O–H groups in total. The summed E-state index contributed by atoms with van der Waals surface area (Å²) >= 11 is 0. The minimum Gasteiger partial charge on any atom is -0.464 e. The lowest BCUT2D eigenvalue weighted by Gasteiger charge is -2.11. The van der Waals surface area contributed by atoms with Crippen molar-refractivity contribution >= 4 is 28.5 Å². The topological polar surface area (TPSA) is 62.6 Å². The number of amides is 2. The fraction of sp³-hybridized carbons (Fsp3) is 0.238. The Labute approximate surface area is 152 Å². The van der Waals surface area contributed by atoms with Crippen LogP contribution in [0.2, 0.25) is 0 Å². The number of carbonyl (C=O) groups excluding carboxylic acids is 2. The maximum atomic E-state index is 12.4. The number of fused-ring (bicyclic) bond motifs is 1. The van der Waals surface area contributed by atoms with E-state index in [0.29, 0.717) is 11.3 Å². The van der Waals surface area contributed by atoms with Crippen LogP contribution >= 0.6 is 0 Å². The third-order valence-corrected chi connectivity index (χ3v) is 4.49. The van der Waals surface area contributed by atoms with Crippen LogP contribution in [0.25, 0.3) is 11.0 Å². The molecule has 26 heavy (non-hydrogen) atoms. The van der Waals surface area contributed by atoms with Crippen LogP contribution in [0.5, 0.6) is 0 Å². The molecule has 0 aliphatic rings. The van der Waals surface area contributed by atoms with Crippen molar-refractivity contribution in [1.82, 2.24) is 4.90 Å². The molecule has 2 amide bonds. The SMILES string of the molecule is Cc1ccc2c(CC(=O)Nc3cccc(C(=O)N(C)C)c3)coc2c1C. The van der Waals surface area contributed by atoms with Crippen LogP contribution in [-0.2, 0) is 11.2 Å². The van der Waals surface area contributed by atoms with Crippen molar-refractivity contribution in [3.63, 3.8) is 0 Å². The zero-order valence-electron chi connectivity index (χ0n) is 15.4. The van der Waals surface area contributed by atoms with Gasteiger partial charge in [-0.25, -0.2) is 0 Å². The highest BCUT2D eigenvalue weighted by atomic mass is 16.3. The number of hydrogen-bond acceptors (Lipinski definition) is 3. The molecule has 0 bridgehead atoms. The number of anilines is 1. The van der Waals surface area contributed by atoms with Gasteiger partial charge in [-0.1, -0.05) is 18.2 Å². The van der Waals surface area contributed by atoms with Crippen LogP contribution in [-0.4, -0.2) is 30.8 Å². The van der Waals surface area contributed by atoms with E-state index >= 15 is 0 Å². The van der Waals surface area contributed by atoms with Gasteiger partial charge in [-0.3, -0.25) is 9.59 Å². The second kappa shape index (κ2) is 7.04. The van der Waals surface area contributed by atoms with E-state index in [9.17, 15) is 9.59 Å². The lowest BCUT2D eigenvalue weighted by molar-refractivity contribution is -0.115. The zero-order chi connectivity index (χ0) is 18.8. The average Bonchev–Trinajstić information content (AvgIpc) is 3.01. The van der Waals surface area contributed by atoms with Crippen molar-refractivity contribution in [3.05, 3.63) is 64.9 Å². The molecule has 0 aliphatic heterocycles. The molecular formula is C21H22N2O3. The first-order valence-corrected chi connectivity index (χ1v) is 8.44. The van der Waals surface area contributed by atoms with Gasteiger partial charge in [0.2, 0.25) is 5.91 Å². The van der Waals surface area contributed by atoms with E-state index in [-0.39, 0.29) is 18.2 Å². The molecule has 0 spiro atoms. The number of nitrogens with zero attached hydrogens (tertiary/aromatic N) is 1. The summed E-state index contributed by atoms with van der Waals surface area (Å²) in [5.74, 6) is -0.256. The molecule has 1 heterocycles. The lowest BCUT2D eigenvalue weighted by Crippen LogP contribution is -2.22. The maximum absolute atomic E-state index is 12.4. The van der Waals surface area contributed by atoms with Gasteiger partial charge in [-0.05, 0) is 43.2 Å². The molecule has 0 unspecified atom stereocenters. The van der Waals surface area contributed by atoms with E-state index < -0.39 is 0 Å². The van der Waals surface area contributed by atoms with Crippen LogP contribution in [0.4, 0.5) is 5.69 Å². The summed E-state index contributed by atoms with van der Waals surface area (Å²) < 4.78 is 5.66. The van der Waals surface area contributed by atoms with Gasteiger partial charge in [0.15, 0.2) is 0 Å². The molecule has 0 fully saturated rings. The highest BCUT2D eigenvalue weighted by Gasteiger charge is 2.14. The van der Waals surface area contributed by atoms with Crippen LogP contribution < -0.4 is 5.32 Å². The first kappa shape index (κ1) is 17.7. The smallest absolute Gasteiger partial charge is 0.253 e. The number of aryl methyl sites for hydroxylation is 2. The number of benzene rings is 2. The Hall–Kier alpha value is -3.08. The Morgan fingerprint density at radius 2 is 1.88 bits per heavy atom. The highest BCUT2D eigenvalue weighted by molar-refractivity contribution is 5.98. The Morgan fingerprint density at radius 3 is 2.62 bits per heavy atom. The molecule has 1 aromatic heterocycles. The predicted molar refractivity (Wildman–Crippen MR) is 102 cm³/mol. The van der Waals surface area contributed by atoms with Crippen molar-refractivity contribution in [2.24, 2.45) is 0 Å². The molecule has 0 saturated carbocycles. The number of rotatable bonds is 4. The normalized spacial score (nSPS) is 10.8. The van der Waals surface area contributed by atoms with Crippen molar-refractivity contribution in [2.45, 2.75) is 20.3 Å². The zero-order valence-corrected chi connectivity index (χ0v) is 15.4. The Morgan fingerprint density at radius 1 is 1.12 bits per heavy atom. The summed E-state index contributed by atoms with van der Waals surface area (Å²) in [4.78, 5) is 26.0. The molecular weight excluding hydrogens is 328 g/mol. The first-order valence-electron chi connectivity index (χ1n) is 8.44. The second-order valence-corrected chi connectivity index (χ2v) is 6.65.